The highest BCUT2D eigenvalue weighted by atomic mass is 32.2. The van der Waals surface area contributed by atoms with Gasteiger partial charge < -0.3 is 4.90 Å². The van der Waals surface area contributed by atoms with Crippen molar-refractivity contribution in [2.45, 2.75) is 30.8 Å². The Kier molecular flexibility index (Phi) is 5.75. The van der Waals surface area contributed by atoms with Gasteiger partial charge in [0.2, 0.25) is 10.0 Å². The largest absolute Gasteiger partial charge is 0.363 e. The van der Waals surface area contributed by atoms with E-state index in [1.165, 1.54) is 0 Å². The number of benzene rings is 3. The van der Waals surface area contributed by atoms with E-state index in [1.54, 1.807) is 12.1 Å². The fraction of sp³-hybridized carbons (Fsp3) is 0.200. The molecular weight excluding hydrogens is 392 g/mol. The molecule has 4 rings (SSSR count). The molecule has 30 heavy (non-hydrogen) atoms. The molecule has 0 saturated carbocycles. The molecule has 0 saturated heterocycles. The van der Waals surface area contributed by atoms with E-state index in [-0.39, 0.29) is 10.9 Å². The van der Waals surface area contributed by atoms with Crippen LogP contribution in [0.5, 0.6) is 0 Å². The lowest BCUT2D eigenvalue weighted by atomic mass is 9.88. The van der Waals surface area contributed by atoms with E-state index in [0.717, 1.165) is 28.9 Å². The monoisotopic (exact) mass is 418 g/mol. The topological polar surface area (TPSA) is 49.4 Å². The van der Waals surface area contributed by atoms with E-state index in [1.807, 2.05) is 61.5 Å². The predicted molar refractivity (Wildman–Crippen MR) is 123 cm³/mol. The SMILES string of the molecule is CCN(c1ccccc1)[C@@H]1C=Cc2ccccc2[C@H]1NS(=O)(=O)c1ccc(C)cc1. The van der Waals surface area contributed by atoms with Crippen LogP contribution >= 0.6 is 0 Å². The molecule has 154 valence electrons. The predicted octanol–water partition coefficient (Wildman–Crippen LogP) is 4.94. The first kappa shape index (κ1) is 20.4. The molecular formula is C25H26N2O2S. The van der Waals surface area contributed by atoms with Crippen LogP contribution in [-0.4, -0.2) is 21.0 Å². The van der Waals surface area contributed by atoms with Gasteiger partial charge in [-0.2, -0.15) is 0 Å². The number of sulfonamides is 1. The summed E-state index contributed by atoms with van der Waals surface area (Å²) in [6.07, 6.45) is 4.18. The summed E-state index contributed by atoms with van der Waals surface area (Å²) in [4.78, 5) is 2.51. The number of likely N-dealkylation sites (N-methyl/N-ethyl adjacent to an activating group) is 1. The Labute approximate surface area is 178 Å². The Morgan fingerprint density at radius 3 is 2.27 bits per heavy atom. The number of nitrogens with zero attached hydrogens (tertiary/aromatic N) is 1. The summed E-state index contributed by atoms with van der Waals surface area (Å²) in [5.74, 6) is 0. The number of hydrogen-bond donors (Lipinski definition) is 1. The zero-order valence-corrected chi connectivity index (χ0v) is 18.0. The van der Waals surface area contributed by atoms with E-state index in [4.69, 9.17) is 0 Å². The Balaban J connectivity index is 1.76. The molecule has 1 aliphatic rings. The molecule has 1 N–H and O–H groups in total. The summed E-state index contributed by atoms with van der Waals surface area (Å²) in [7, 11) is -3.69. The minimum atomic E-state index is -3.69. The molecule has 2 atom stereocenters. The average molecular weight is 419 g/mol. The van der Waals surface area contributed by atoms with Gasteiger partial charge in [-0.1, -0.05) is 72.3 Å². The lowest BCUT2D eigenvalue weighted by Crippen LogP contribution is -2.46. The fourth-order valence-electron chi connectivity index (χ4n) is 4.00. The number of hydrogen-bond acceptors (Lipinski definition) is 3. The first-order valence-corrected chi connectivity index (χ1v) is 11.7. The van der Waals surface area contributed by atoms with Gasteiger partial charge in [0.25, 0.3) is 0 Å². The number of fused-ring (bicyclic) bond motifs is 1. The smallest absolute Gasteiger partial charge is 0.241 e. The van der Waals surface area contributed by atoms with Crippen LogP contribution in [0.15, 0.2) is 89.8 Å². The minimum absolute atomic E-state index is 0.146. The third-order valence-corrected chi connectivity index (χ3v) is 7.00. The van der Waals surface area contributed by atoms with Crippen LogP contribution < -0.4 is 9.62 Å². The lowest BCUT2D eigenvalue weighted by Gasteiger charge is -2.39. The van der Waals surface area contributed by atoms with Gasteiger partial charge in [-0.05, 0) is 49.2 Å². The maximum absolute atomic E-state index is 13.3. The van der Waals surface area contributed by atoms with Gasteiger partial charge in [0.05, 0.1) is 17.0 Å². The van der Waals surface area contributed by atoms with Gasteiger partial charge in [-0.25, -0.2) is 13.1 Å². The zero-order valence-electron chi connectivity index (χ0n) is 17.2. The molecule has 0 unspecified atom stereocenters. The highest BCUT2D eigenvalue weighted by Gasteiger charge is 2.34. The van der Waals surface area contributed by atoms with Crippen molar-refractivity contribution in [3.8, 4) is 0 Å². The second-order valence-corrected chi connectivity index (χ2v) is 9.23. The first-order valence-electron chi connectivity index (χ1n) is 10.2. The third kappa shape index (κ3) is 4.04. The van der Waals surface area contributed by atoms with E-state index in [9.17, 15) is 8.42 Å². The molecule has 0 aromatic heterocycles. The van der Waals surface area contributed by atoms with Gasteiger partial charge in [-0.3, -0.25) is 0 Å². The second-order valence-electron chi connectivity index (χ2n) is 7.51. The maximum atomic E-state index is 13.3. The second kappa shape index (κ2) is 8.46. The van der Waals surface area contributed by atoms with Crippen LogP contribution in [0.4, 0.5) is 5.69 Å². The van der Waals surface area contributed by atoms with Crippen molar-refractivity contribution < 1.29 is 8.42 Å². The number of rotatable bonds is 6. The van der Waals surface area contributed by atoms with Crippen LogP contribution in [0.1, 0.15) is 29.7 Å². The summed E-state index contributed by atoms with van der Waals surface area (Å²) in [6, 6.07) is 24.5. The quantitative estimate of drug-likeness (QED) is 0.617. The lowest BCUT2D eigenvalue weighted by molar-refractivity contribution is 0.511. The summed E-state index contributed by atoms with van der Waals surface area (Å²) in [6.45, 7) is 4.79. The molecule has 5 heteroatoms. The molecule has 0 radical (unpaired) electrons. The molecule has 3 aromatic carbocycles. The van der Waals surface area contributed by atoms with Gasteiger partial charge in [0.1, 0.15) is 0 Å². The van der Waals surface area contributed by atoms with E-state index >= 15 is 0 Å². The molecule has 0 aliphatic heterocycles. The number of aryl methyl sites for hydroxylation is 1. The molecule has 3 aromatic rings. The summed E-state index contributed by atoms with van der Waals surface area (Å²) in [5.41, 5.74) is 4.11. The summed E-state index contributed by atoms with van der Waals surface area (Å²) < 4.78 is 29.5. The van der Waals surface area contributed by atoms with Gasteiger partial charge in [-0.15, -0.1) is 0 Å². The van der Waals surface area contributed by atoms with Crippen LogP contribution in [-0.2, 0) is 10.0 Å². The van der Waals surface area contributed by atoms with Gasteiger partial charge in [0, 0.05) is 12.2 Å². The van der Waals surface area contributed by atoms with Crippen LogP contribution in [0, 0.1) is 6.92 Å². The van der Waals surface area contributed by atoms with Crippen molar-refractivity contribution in [2.75, 3.05) is 11.4 Å². The van der Waals surface area contributed by atoms with Crippen molar-refractivity contribution in [3.05, 3.63) is 102 Å². The van der Waals surface area contributed by atoms with Gasteiger partial charge >= 0.3 is 0 Å². The molecule has 0 spiro atoms. The molecule has 1 aliphatic carbocycles. The van der Waals surface area contributed by atoms with Crippen LogP contribution in [0.25, 0.3) is 6.08 Å². The van der Waals surface area contributed by atoms with Crippen molar-refractivity contribution in [1.29, 1.82) is 0 Å². The first-order chi connectivity index (χ1) is 14.5. The molecule has 0 amide bonds. The Bertz CT molecular complexity index is 1140. The van der Waals surface area contributed by atoms with Crippen molar-refractivity contribution in [1.82, 2.24) is 4.72 Å². The Morgan fingerprint density at radius 2 is 1.57 bits per heavy atom. The third-order valence-electron chi connectivity index (χ3n) is 5.55. The number of nitrogens with one attached hydrogen (secondary N) is 1. The van der Waals surface area contributed by atoms with Crippen LogP contribution in [0.2, 0.25) is 0 Å². The van der Waals surface area contributed by atoms with E-state index in [0.29, 0.717) is 0 Å². The van der Waals surface area contributed by atoms with Crippen molar-refractivity contribution in [3.63, 3.8) is 0 Å². The van der Waals surface area contributed by atoms with Crippen LogP contribution in [0.3, 0.4) is 0 Å². The standard InChI is InChI=1S/C25H26N2O2S/c1-3-27(21-10-5-4-6-11-21)24-18-15-20-9-7-8-12-23(20)25(24)26-30(28,29)22-16-13-19(2)14-17-22/h4-18,24-26H,3H2,1-2H3/t24-,25-/m1/s1. The molecule has 0 heterocycles. The average Bonchev–Trinajstić information content (AvgIpc) is 2.76. The summed E-state index contributed by atoms with van der Waals surface area (Å²) >= 11 is 0. The minimum Gasteiger partial charge on any atom is -0.363 e. The van der Waals surface area contributed by atoms with Crippen molar-refractivity contribution in [2.24, 2.45) is 0 Å². The highest BCUT2D eigenvalue weighted by Crippen LogP contribution is 2.34. The summed E-state index contributed by atoms with van der Waals surface area (Å²) in [5, 5.41) is 0. The van der Waals surface area contributed by atoms with Crippen molar-refractivity contribution >= 4 is 21.8 Å². The Morgan fingerprint density at radius 1 is 0.900 bits per heavy atom. The van der Waals surface area contributed by atoms with E-state index < -0.39 is 16.1 Å². The molecule has 0 bridgehead atoms. The zero-order chi connectivity index (χ0) is 21.1. The normalized spacial score (nSPS) is 18.1. The highest BCUT2D eigenvalue weighted by molar-refractivity contribution is 7.89. The fourth-order valence-corrected chi connectivity index (χ4v) is 5.23. The van der Waals surface area contributed by atoms with E-state index in [2.05, 4.69) is 40.8 Å². The molecule has 0 fully saturated rings. The van der Waals surface area contributed by atoms with Gasteiger partial charge in [0.15, 0.2) is 0 Å². The number of para-hydroxylation sites is 1. The number of anilines is 1. The Hall–Kier alpha value is -2.89. The molecule has 4 nitrogen and oxygen atoms in total. The maximum Gasteiger partial charge on any atom is 0.241 e.